The Morgan fingerprint density at radius 2 is 1.52 bits per heavy atom. The standard InChI is InChI=1S/C22H22N2O4S/c1-3-28-19-12-8-18(9-13-19)24-29(26,27)20-14-10-17(11-15-20)23-22(25)21-7-5-4-6-16(21)2/h4-15,24H,3H2,1-2H3,(H,23,25). The molecule has 0 aliphatic carbocycles. The topological polar surface area (TPSA) is 84.5 Å². The van der Waals surface area contributed by atoms with E-state index in [1.54, 1.807) is 48.5 Å². The van der Waals surface area contributed by atoms with Crippen LogP contribution in [-0.4, -0.2) is 20.9 Å². The molecule has 150 valence electrons. The molecule has 0 saturated heterocycles. The van der Waals surface area contributed by atoms with E-state index in [0.717, 1.165) is 5.56 Å². The van der Waals surface area contributed by atoms with Gasteiger partial charge in [-0.05, 0) is 74.0 Å². The fraction of sp³-hybridized carbons (Fsp3) is 0.136. The van der Waals surface area contributed by atoms with E-state index in [4.69, 9.17) is 4.74 Å². The van der Waals surface area contributed by atoms with Crippen molar-refractivity contribution in [2.24, 2.45) is 0 Å². The average Bonchev–Trinajstić information content (AvgIpc) is 2.70. The molecule has 3 aromatic rings. The van der Waals surface area contributed by atoms with Gasteiger partial charge in [0, 0.05) is 16.9 Å². The third-order valence-corrected chi connectivity index (χ3v) is 5.63. The number of carbonyl (C=O) groups is 1. The smallest absolute Gasteiger partial charge is 0.261 e. The molecule has 0 bridgehead atoms. The first-order chi connectivity index (χ1) is 13.9. The molecule has 6 nitrogen and oxygen atoms in total. The lowest BCUT2D eigenvalue weighted by atomic mass is 10.1. The van der Waals surface area contributed by atoms with Crippen LogP contribution in [0.1, 0.15) is 22.8 Å². The van der Waals surface area contributed by atoms with Crippen molar-refractivity contribution in [2.45, 2.75) is 18.7 Å². The zero-order chi connectivity index (χ0) is 20.9. The highest BCUT2D eigenvalue weighted by molar-refractivity contribution is 7.92. The normalized spacial score (nSPS) is 11.0. The Morgan fingerprint density at radius 1 is 0.897 bits per heavy atom. The third-order valence-electron chi connectivity index (χ3n) is 4.23. The fourth-order valence-electron chi connectivity index (χ4n) is 2.74. The van der Waals surface area contributed by atoms with Gasteiger partial charge < -0.3 is 10.1 Å². The van der Waals surface area contributed by atoms with Gasteiger partial charge in [0.15, 0.2) is 0 Å². The molecular weight excluding hydrogens is 388 g/mol. The van der Waals surface area contributed by atoms with Crippen molar-refractivity contribution < 1.29 is 17.9 Å². The van der Waals surface area contributed by atoms with E-state index in [2.05, 4.69) is 10.0 Å². The molecule has 2 N–H and O–H groups in total. The second-order valence-electron chi connectivity index (χ2n) is 6.36. The lowest BCUT2D eigenvalue weighted by Crippen LogP contribution is -2.14. The number of ether oxygens (including phenoxy) is 1. The summed E-state index contributed by atoms with van der Waals surface area (Å²) in [5.74, 6) is 0.426. The summed E-state index contributed by atoms with van der Waals surface area (Å²) in [6.45, 7) is 4.28. The van der Waals surface area contributed by atoms with Crippen molar-refractivity contribution in [3.05, 3.63) is 83.9 Å². The number of amides is 1. The maximum absolute atomic E-state index is 12.6. The lowest BCUT2D eigenvalue weighted by Gasteiger charge is -2.11. The molecule has 3 aromatic carbocycles. The van der Waals surface area contributed by atoms with Crippen molar-refractivity contribution in [3.63, 3.8) is 0 Å². The number of benzene rings is 3. The molecule has 0 aromatic heterocycles. The second kappa shape index (κ2) is 8.79. The number of anilines is 2. The first-order valence-electron chi connectivity index (χ1n) is 9.12. The van der Waals surface area contributed by atoms with Crippen LogP contribution in [-0.2, 0) is 10.0 Å². The van der Waals surface area contributed by atoms with E-state index < -0.39 is 10.0 Å². The first-order valence-corrected chi connectivity index (χ1v) is 10.6. The Bertz CT molecular complexity index is 1090. The maximum Gasteiger partial charge on any atom is 0.261 e. The zero-order valence-electron chi connectivity index (χ0n) is 16.2. The predicted octanol–water partition coefficient (Wildman–Crippen LogP) is 4.45. The molecule has 0 aliphatic heterocycles. The number of aryl methyl sites for hydroxylation is 1. The minimum absolute atomic E-state index is 0.0975. The lowest BCUT2D eigenvalue weighted by molar-refractivity contribution is 0.102. The van der Waals surface area contributed by atoms with Crippen LogP contribution in [0.5, 0.6) is 5.75 Å². The van der Waals surface area contributed by atoms with Gasteiger partial charge in [-0.15, -0.1) is 0 Å². The molecule has 0 aliphatic rings. The van der Waals surface area contributed by atoms with Gasteiger partial charge in [0.2, 0.25) is 0 Å². The van der Waals surface area contributed by atoms with Crippen LogP contribution in [0.2, 0.25) is 0 Å². The summed E-state index contributed by atoms with van der Waals surface area (Å²) in [5.41, 5.74) is 2.38. The predicted molar refractivity (Wildman–Crippen MR) is 114 cm³/mol. The van der Waals surface area contributed by atoms with Gasteiger partial charge in [-0.3, -0.25) is 9.52 Å². The Kier molecular flexibility index (Phi) is 6.19. The fourth-order valence-corrected chi connectivity index (χ4v) is 3.80. The Hall–Kier alpha value is -3.32. The summed E-state index contributed by atoms with van der Waals surface area (Å²) in [6.07, 6.45) is 0. The summed E-state index contributed by atoms with van der Waals surface area (Å²) in [6, 6.07) is 19.9. The van der Waals surface area contributed by atoms with Crippen molar-refractivity contribution >= 4 is 27.3 Å². The maximum atomic E-state index is 12.6. The Morgan fingerprint density at radius 3 is 2.14 bits per heavy atom. The Balaban J connectivity index is 1.70. The van der Waals surface area contributed by atoms with Crippen LogP contribution in [0.25, 0.3) is 0 Å². The molecular formula is C22H22N2O4S. The van der Waals surface area contributed by atoms with E-state index in [1.165, 1.54) is 12.1 Å². The highest BCUT2D eigenvalue weighted by atomic mass is 32.2. The van der Waals surface area contributed by atoms with E-state index in [9.17, 15) is 13.2 Å². The SMILES string of the molecule is CCOc1ccc(NS(=O)(=O)c2ccc(NC(=O)c3ccccc3C)cc2)cc1. The van der Waals surface area contributed by atoms with Gasteiger partial charge in [-0.1, -0.05) is 18.2 Å². The largest absolute Gasteiger partial charge is 0.494 e. The van der Waals surface area contributed by atoms with Crippen LogP contribution < -0.4 is 14.8 Å². The zero-order valence-corrected chi connectivity index (χ0v) is 17.0. The van der Waals surface area contributed by atoms with Crippen molar-refractivity contribution in [1.29, 1.82) is 0 Å². The van der Waals surface area contributed by atoms with E-state index >= 15 is 0 Å². The molecule has 0 fully saturated rings. The van der Waals surface area contributed by atoms with E-state index in [0.29, 0.717) is 29.3 Å². The second-order valence-corrected chi connectivity index (χ2v) is 8.04. The van der Waals surface area contributed by atoms with Crippen molar-refractivity contribution in [2.75, 3.05) is 16.6 Å². The first kappa shape index (κ1) is 20.4. The number of rotatable bonds is 7. The number of carbonyl (C=O) groups excluding carboxylic acids is 1. The van der Waals surface area contributed by atoms with Gasteiger partial charge >= 0.3 is 0 Å². The van der Waals surface area contributed by atoms with E-state index in [-0.39, 0.29) is 10.8 Å². The summed E-state index contributed by atoms with van der Waals surface area (Å²) in [7, 11) is -3.75. The van der Waals surface area contributed by atoms with Crippen LogP contribution in [0.15, 0.2) is 77.7 Å². The molecule has 0 spiro atoms. The molecule has 0 heterocycles. The van der Waals surface area contributed by atoms with Crippen LogP contribution in [0.4, 0.5) is 11.4 Å². The minimum Gasteiger partial charge on any atom is -0.494 e. The van der Waals surface area contributed by atoms with Crippen molar-refractivity contribution in [1.82, 2.24) is 0 Å². The number of sulfonamides is 1. The quantitative estimate of drug-likeness (QED) is 0.603. The molecule has 1 amide bonds. The van der Waals surface area contributed by atoms with Gasteiger partial charge in [0.1, 0.15) is 5.75 Å². The molecule has 0 saturated carbocycles. The molecule has 0 atom stereocenters. The van der Waals surface area contributed by atoms with Crippen LogP contribution in [0.3, 0.4) is 0 Å². The van der Waals surface area contributed by atoms with Crippen LogP contribution in [0, 0.1) is 6.92 Å². The monoisotopic (exact) mass is 410 g/mol. The summed E-state index contributed by atoms with van der Waals surface area (Å²) in [5, 5.41) is 2.78. The van der Waals surface area contributed by atoms with Gasteiger partial charge in [0.05, 0.1) is 11.5 Å². The summed E-state index contributed by atoms with van der Waals surface area (Å²) >= 11 is 0. The highest BCUT2D eigenvalue weighted by Crippen LogP contribution is 2.21. The molecule has 0 unspecified atom stereocenters. The van der Waals surface area contributed by atoms with E-state index in [1.807, 2.05) is 26.0 Å². The van der Waals surface area contributed by atoms with Gasteiger partial charge in [-0.2, -0.15) is 0 Å². The van der Waals surface area contributed by atoms with Crippen LogP contribution >= 0.6 is 0 Å². The number of hydrogen-bond acceptors (Lipinski definition) is 4. The van der Waals surface area contributed by atoms with Gasteiger partial charge in [-0.25, -0.2) is 8.42 Å². The Labute approximate surface area is 170 Å². The number of hydrogen-bond donors (Lipinski definition) is 2. The van der Waals surface area contributed by atoms with Crippen molar-refractivity contribution in [3.8, 4) is 5.75 Å². The molecule has 0 radical (unpaired) electrons. The van der Waals surface area contributed by atoms with Gasteiger partial charge in [0.25, 0.3) is 15.9 Å². The summed E-state index contributed by atoms with van der Waals surface area (Å²) < 4.78 is 33.0. The molecule has 29 heavy (non-hydrogen) atoms. The molecule has 7 heteroatoms. The molecule has 3 rings (SSSR count). The minimum atomic E-state index is -3.75. The average molecular weight is 410 g/mol. The summed E-state index contributed by atoms with van der Waals surface area (Å²) in [4.78, 5) is 12.5. The number of nitrogens with one attached hydrogen (secondary N) is 2. The third kappa shape index (κ3) is 5.14. The highest BCUT2D eigenvalue weighted by Gasteiger charge is 2.15.